The topological polar surface area (TPSA) is 41.4 Å². The highest BCUT2D eigenvalue weighted by molar-refractivity contribution is 5.76. The van der Waals surface area contributed by atoms with Crippen molar-refractivity contribution in [3.05, 3.63) is 18.0 Å². The molecule has 24 heavy (non-hydrogen) atoms. The molecule has 1 aliphatic carbocycles. The van der Waals surface area contributed by atoms with Gasteiger partial charge in [0.25, 0.3) is 0 Å². The normalized spacial score (nSPS) is 28.0. The number of carbonyl (C=O) groups excluding carboxylic acids is 1. The van der Waals surface area contributed by atoms with Crippen LogP contribution in [0, 0.1) is 18.8 Å². The SMILES string of the molecule is Cc1cnn(CCC(=O)N2C[C@H]3CC[C@@H](C2)N(CC2CCC2)C3)c1. The Balaban J connectivity index is 1.33. The summed E-state index contributed by atoms with van der Waals surface area (Å²) in [6, 6.07) is 0.597. The van der Waals surface area contributed by atoms with Crippen molar-refractivity contribution in [2.75, 3.05) is 26.2 Å². The van der Waals surface area contributed by atoms with Crippen LogP contribution in [-0.4, -0.2) is 57.7 Å². The van der Waals surface area contributed by atoms with Gasteiger partial charge in [0.15, 0.2) is 0 Å². The number of aromatic nitrogens is 2. The van der Waals surface area contributed by atoms with Crippen LogP contribution in [0.25, 0.3) is 0 Å². The number of hydrogen-bond donors (Lipinski definition) is 0. The van der Waals surface area contributed by atoms with Crippen LogP contribution in [0.15, 0.2) is 12.4 Å². The monoisotopic (exact) mass is 330 g/mol. The fourth-order valence-electron chi connectivity index (χ4n) is 4.57. The third kappa shape index (κ3) is 3.51. The molecule has 0 radical (unpaired) electrons. The van der Waals surface area contributed by atoms with Gasteiger partial charge in [0.2, 0.25) is 5.91 Å². The highest BCUT2D eigenvalue weighted by Gasteiger charge is 2.37. The summed E-state index contributed by atoms with van der Waals surface area (Å²) >= 11 is 0. The van der Waals surface area contributed by atoms with Gasteiger partial charge < -0.3 is 4.90 Å². The molecule has 132 valence electrons. The largest absolute Gasteiger partial charge is 0.341 e. The molecule has 5 heteroatoms. The molecule has 0 aromatic carbocycles. The molecule has 5 rings (SSSR count). The Kier molecular flexibility index (Phi) is 4.61. The van der Waals surface area contributed by atoms with Gasteiger partial charge in [0, 0.05) is 51.4 Å². The van der Waals surface area contributed by atoms with Crippen molar-refractivity contribution >= 4 is 5.91 Å². The highest BCUT2D eigenvalue weighted by Crippen LogP contribution is 2.33. The lowest BCUT2D eigenvalue weighted by atomic mass is 9.83. The zero-order valence-electron chi connectivity index (χ0n) is 14.9. The predicted molar refractivity (Wildman–Crippen MR) is 93.6 cm³/mol. The number of amides is 1. The number of carbonyl (C=O) groups is 1. The van der Waals surface area contributed by atoms with Gasteiger partial charge in [-0.15, -0.1) is 0 Å². The Labute approximate surface area is 145 Å². The lowest BCUT2D eigenvalue weighted by Crippen LogP contribution is -2.47. The number of aryl methyl sites for hydroxylation is 2. The van der Waals surface area contributed by atoms with Gasteiger partial charge in [-0.05, 0) is 50.0 Å². The Morgan fingerprint density at radius 1 is 1.21 bits per heavy atom. The molecular formula is C19H30N4O. The summed E-state index contributed by atoms with van der Waals surface area (Å²) in [6.45, 7) is 7.13. The molecule has 1 aromatic heterocycles. The van der Waals surface area contributed by atoms with E-state index in [1.54, 1.807) is 0 Å². The fourth-order valence-corrected chi connectivity index (χ4v) is 4.57. The van der Waals surface area contributed by atoms with Crippen LogP contribution < -0.4 is 0 Å². The minimum absolute atomic E-state index is 0.311. The third-order valence-corrected chi connectivity index (χ3v) is 6.21. The third-order valence-electron chi connectivity index (χ3n) is 6.21. The summed E-state index contributed by atoms with van der Waals surface area (Å²) in [5.74, 6) is 1.92. The van der Waals surface area contributed by atoms with Crippen LogP contribution in [0.4, 0.5) is 0 Å². The number of fused-ring (bicyclic) bond motifs is 4. The minimum atomic E-state index is 0.311. The van der Waals surface area contributed by atoms with Crippen molar-refractivity contribution in [2.24, 2.45) is 11.8 Å². The standard InChI is InChI=1S/C19H30N4O/c1-15-9-20-23(10-15)8-7-19(24)22-13-17-5-6-18(14-22)21(12-17)11-16-3-2-4-16/h9-10,16-18H,2-8,11-14H2,1H3/t17-,18-/m0/s1. The average Bonchev–Trinajstić information content (AvgIpc) is 2.75. The van der Waals surface area contributed by atoms with E-state index in [0.717, 1.165) is 24.6 Å². The molecule has 4 heterocycles. The van der Waals surface area contributed by atoms with E-state index in [-0.39, 0.29) is 0 Å². The average molecular weight is 330 g/mol. The van der Waals surface area contributed by atoms with E-state index in [2.05, 4.69) is 14.9 Å². The molecule has 2 atom stereocenters. The number of nitrogens with zero attached hydrogens (tertiary/aromatic N) is 4. The number of rotatable bonds is 5. The smallest absolute Gasteiger partial charge is 0.224 e. The summed E-state index contributed by atoms with van der Waals surface area (Å²) in [5.41, 5.74) is 1.15. The van der Waals surface area contributed by atoms with Crippen molar-refractivity contribution in [1.29, 1.82) is 0 Å². The van der Waals surface area contributed by atoms with E-state index in [4.69, 9.17) is 0 Å². The summed E-state index contributed by atoms with van der Waals surface area (Å²) in [7, 11) is 0. The van der Waals surface area contributed by atoms with Gasteiger partial charge in [-0.25, -0.2) is 0 Å². The molecule has 0 spiro atoms. The van der Waals surface area contributed by atoms with E-state index >= 15 is 0 Å². The second-order valence-corrected chi connectivity index (χ2v) is 8.18. The summed E-state index contributed by atoms with van der Waals surface area (Å²) < 4.78 is 1.89. The van der Waals surface area contributed by atoms with Gasteiger partial charge in [0.05, 0.1) is 6.20 Å². The molecule has 2 bridgehead atoms. The first-order valence-corrected chi connectivity index (χ1v) is 9.68. The van der Waals surface area contributed by atoms with Gasteiger partial charge >= 0.3 is 0 Å². The molecule has 1 saturated carbocycles. The molecule has 5 nitrogen and oxygen atoms in total. The molecule has 0 unspecified atom stereocenters. The minimum Gasteiger partial charge on any atom is -0.341 e. The highest BCUT2D eigenvalue weighted by atomic mass is 16.2. The molecule has 4 fully saturated rings. The molecular weight excluding hydrogens is 300 g/mol. The maximum absolute atomic E-state index is 12.7. The summed E-state index contributed by atoms with van der Waals surface area (Å²) in [5, 5.41) is 4.29. The van der Waals surface area contributed by atoms with Crippen LogP contribution in [0.2, 0.25) is 0 Å². The van der Waals surface area contributed by atoms with E-state index < -0.39 is 0 Å². The zero-order chi connectivity index (χ0) is 16.5. The van der Waals surface area contributed by atoms with E-state index in [1.807, 2.05) is 24.0 Å². The second kappa shape index (κ2) is 6.87. The summed E-state index contributed by atoms with van der Waals surface area (Å²) in [6.07, 6.45) is 11.3. The maximum atomic E-state index is 12.7. The maximum Gasteiger partial charge on any atom is 0.224 e. The van der Waals surface area contributed by atoms with Crippen molar-refractivity contribution in [1.82, 2.24) is 19.6 Å². The Bertz CT molecular complexity index is 580. The van der Waals surface area contributed by atoms with Crippen LogP contribution in [-0.2, 0) is 11.3 Å². The van der Waals surface area contributed by atoms with Gasteiger partial charge in [-0.1, -0.05) is 6.42 Å². The van der Waals surface area contributed by atoms with Gasteiger partial charge in [0.1, 0.15) is 0 Å². The van der Waals surface area contributed by atoms with Gasteiger partial charge in [-0.3, -0.25) is 14.4 Å². The Morgan fingerprint density at radius 2 is 2.08 bits per heavy atom. The quantitative estimate of drug-likeness (QED) is 0.832. The fraction of sp³-hybridized carbons (Fsp3) is 0.789. The van der Waals surface area contributed by atoms with Crippen LogP contribution >= 0.6 is 0 Å². The second-order valence-electron chi connectivity index (χ2n) is 8.18. The zero-order valence-corrected chi connectivity index (χ0v) is 14.9. The molecule has 3 aliphatic heterocycles. The van der Waals surface area contributed by atoms with E-state index in [1.165, 1.54) is 45.2 Å². The first kappa shape index (κ1) is 16.1. The van der Waals surface area contributed by atoms with Gasteiger partial charge in [-0.2, -0.15) is 5.10 Å². The molecule has 0 N–H and O–H groups in total. The first-order valence-electron chi connectivity index (χ1n) is 9.68. The predicted octanol–water partition coefficient (Wildman–Crippen LogP) is 2.30. The lowest BCUT2D eigenvalue weighted by molar-refractivity contribution is -0.131. The van der Waals surface area contributed by atoms with E-state index in [0.29, 0.717) is 30.8 Å². The molecule has 1 amide bonds. The number of piperidine rings is 1. The molecule has 1 aromatic rings. The Hall–Kier alpha value is -1.36. The Morgan fingerprint density at radius 3 is 2.79 bits per heavy atom. The van der Waals surface area contributed by atoms with Crippen molar-refractivity contribution < 1.29 is 4.79 Å². The number of hydrogen-bond acceptors (Lipinski definition) is 3. The van der Waals surface area contributed by atoms with Crippen molar-refractivity contribution in [3.63, 3.8) is 0 Å². The lowest BCUT2D eigenvalue weighted by Gasteiger charge is -2.40. The van der Waals surface area contributed by atoms with Crippen LogP contribution in [0.5, 0.6) is 0 Å². The van der Waals surface area contributed by atoms with Crippen LogP contribution in [0.3, 0.4) is 0 Å². The molecule has 4 aliphatic rings. The van der Waals surface area contributed by atoms with Crippen molar-refractivity contribution in [3.8, 4) is 0 Å². The first-order chi connectivity index (χ1) is 11.7. The molecule has 3 saturated heterocycles. The summed E-state index contributed by atoms with van der Waals surface area (Å²) in [4.78, 5) is 17.6. The van der Waals surface area contributed by atoms with Crippen molar-refractivity contribution in [2.45, 2.75) is 58.0 Å². The van der Waals surface area contributed by atoms with Crippen LogP contribution in [0.1, 0.15) is 44.1 Å². The van der Waals surface area contributed by atoms with E-state index in [9.17, 15) is 4.79 Å².